The molecule has 0 heteroatoms. The maximum atomic E-state index is 2.43. The van der Waals surface area contributed by atoms with Gasteiger partial charge in [-0.05, 0) is 123 Å². The minimum Gasteiger partial charge on any atom is -0.0622 e. The van der Waals surface area contributed by atoms with Gasteiger partial charge >= 0.3 is 0 Å². The number of rotatable bonds is 4. The fourth-order valence-electron chi connectivity index (χ4n) is 8.68. The van der Waals surface area contributed by atoms with Gasteiger partial charge in [-0.1, -0.05) is 172 Å². The molecule has 0 atom stereocenters. The van der Waals surface area contributed by atoms with Crippen molar-refractivity contribution in [2.75, 3.05) is 0 Å². The lowest BCUT2D eigenvalue weighted by atomic mass is 9.81. The molecular weight excluding hydrogens is 613 g/mol. The molecule has 0 radical (unpaired) electrons. The van der Waals surface area contributed by atoms with Crippen LogP contribution in [0.15, 0.2) is 182 Å². The molecule has 0 bridgehead atoms. The Hall–Kier alpha value is -6.24. The van der Waals surface area contributed by atoms with Gasteiger partial charge in [-0.3, -0.25) is 0 Å². The van der Waals surface area contributed by atoms with Crippen molar-refractivity contribution in [3.63, 3.8) is 0 Å². The van der Waals surface area contributed by atoms with E-state index in [4.69, 9.17) is 0 Å². The summed E-state index contributed by atoms with van der Waals surface area (Å²) in [6.07, 6.45) is 0. The summed E-state index contributed by atoms with van der Waals surface area (Å²) in [7, 11) is 0. The molecule has 240 valence electrons. The third-order valence-corrected chi connectivity index (χ3v) is 11.2. The molecule has 0 aliphatic heterocycles. The first-order valence-electron chi connectivity index (χ1n) is 17.9. The Balaban J connectivity index is 1.13. The highest BCUT2D eigenvalue weighted by Gasteiger charge is 2.35. The van der Waals surface area contributed by atoms with Crippen LogP contribution in [-0.2, 0) is 5.41 Å². The zero-order valence-electron chi connectivity index (χ0n) is 28.8. The van der Waals surface area contributed by atoms with Crippen molar-refractivity contribution >= 4 is 32.3 Å². The van der Waals surface area contributed by atoms with Gasteiger partial charge in [-0.25, -0.2) is 0 Å². The maximum absolute atomic E-state index is 2.43. The monoisotopic (exact) mass is 648 g/mol. The molecule has 0 fully saturated rings. The van der Waals surface area contributed by atoms with E-state index in [1.165, 1.54) is 99.1 Å². The molecule has 0 saturated heterocycles. The second-order valence-electron chi connectivity index (χ2n) is 14.5. The lowest BCUT2D eigenvalue weighted by Gasteiger charge is -2.22. The van der Waals surface area contributed by atoms with Gasteiger partial charge in [-0.2, -0.15) is 0 Å². The number of hydrogen-bond acceptors (Lipinski definition) is 0. The van der Waals surface area contributed by atoms with E-state index in [1.54, 1.807) is 0 Å². The van der Waals surface area contributed by atoms with Crippen LogP contribution in [0.1, 0.15) is 25.0 Å². The number of benzene rings is 9. The Kier molecular flexibility index (Phi) is 6.63. The predicted octanol–water partition coefficient (Wildman–Crippen LogP) is 14.1. The lowest BCUT2D eigenvalue weighted by Crippen LogP contribution is -2.14. The van der Waals surface area contributed by atoms with Gasteiger partial charge in [0.15, 0.2) is 0 Å². The molecule has 0 amide bonds. The largest absolute Gasteiger partial charge is 0.0622 e. The Morgan fingerprint density at radius 3 is 1.41 bits per heavy atom. The molecule has 1 aliphatic rings. The highest BCUT2D eigenvalue weighted by molar-refractivity contribution is 6.21. The van der Waals surface area contributed by atoms with Crippen molar-refractivity contribution in [3.05, 3.63) is 193 Å². The van der Waals surface area contributed by atoms with Crippen molar-refractivity contribution in [2.45, 2.75) is 19.3 Å². The maximum Gasteiger partial charge on any atom is 0.0159 e. The van der Waals surface area contributed by atoms with E-state index >= 15 is 0 Å². The van der Waals surface area contributed by atoms with Crippen LogP contribution in [0.3, 0.4) is 0 Å². The van der Waals surface area contributed by atoms with Crippen LogP contribution >= 0.6 is 0 Å². The summed E-state index contributed by atoms with van der Waals surface area (Å²) in [6, 6.07) is 67.4. The average molecular weight is 649 g/mol. The molecule has 10 rings (SSSR count). The van der Waals surface area contributed by atoms with Crippen LogP contribution in [0, 0.1) is 0 Å². The van der Waals surface area contributed by atoms with Gasteiger partial charge in [0, 0.05) is 5.41 Å². The molecule has 0 aromatic heterocycles. The Bertz CT molecular complexity index is 2740. The summed E-state index contributed by atoms with van der Waals surface area (Å²) in [6.45, 7) is 4.73. The van der Waals surface area contributed by atoms with Crippen molar-refractivity contribution < 1.29 is 0 Å². The van der Waals surface area contributed by atoms with Crippen LogP contribution < -0.4 is 0 Å². The van der Waals surface area contributed by atoms with Gasteiger partial charge in [0.2, 0.25) is 0 Å². The summed E-state index contributed by atoms with van der Waals surface area (Å²) >= 11 is 0. The standard InChI is InChI=1S/C51H36/c1-51(2)47-28-27-39(31-45(47)46-30-37-15-6-7-16-38(37)32-48(46)51)36-17-12-18-40(29-36)50-43-21-10-8-19-41(43)49(42-20-9-11-22-44(42)50)35-25-23-34(24-26-35)33-13-4-3-5-14-33/h3-32H,1-2H3. The van der Waals surface area contributed by atoms with E-state index in [2.05, 4.69) is 196 Å². The predicted molar refractivity (Wildman–Crippen MR) is 218 cm³/mol. The van der Waals surface area contributed by atoms with Crippen molar-refractivity contribution in [1.82, 2.24) is 0 Å². The molecular formula is C51H36. The normalized spacial score (nSPS) is 13.1. The fraction of sp³-hybridized carbons (Fsp3) is 0.0588. The van der Waals surface area contributed by atoms with Gasteiger partial charge in [0.05, 0.1) is 0 Å². The van der Waals surface area contributed by atoms with E-state index in [1.807, 2.05) is 0 Å². The first kappa shape index (κ1) is 29.7. The number of hydrogen-bond donors (Lipinski definition) is 0. The van der Waals surface area contributed by atoms with Crippen molar-refractivity contribution in [1.29, 1.82) is 0 Å². The second-order valence-corrected chi connectivity index (χ2v) is 14.5. The smallest absolute Gasteiger partial charge is 0.0159 e. The Morgan fingerprint density at radius 1 is 0.294 bits per heavy atom. The minimum absolute atomic E-state index is 0.0451. The quantitative estimate of drug-likeness (QED) is 0.167. The first-order valence-corrected chi connectivity index (χ1v) is 17.9. The van der Waals surface area contributed by atoms with Crippen LogP contribution in [0.5, 0.6) is 0 Å². The zero-order chi connectivity index (χ0) is 34.1. The van der Waals surface area contributed by atoms with Crippen molar-refractivity contribution in [2.24, 2.45) is 0 Å². The highest BCUT2D eigenvalue weighted by Crippen LogP contribution is 2.51. The van der Waals surface area contributed by atoms with Crippen LogP contribution in [0.25, 0.3) is 88.0 Å². The van der Waals surface area contributed by atoms with Crippen LogP contribution in [-0.4, -0.2) is 0 Å². The van der Waals surface area contributed by atoms with Crippen LogP contribution in [0.2, 0.25) is 0 Å². The summed E-state index contributed by atoms with van der Waals surface area (Å²) in [4.78, 5) is 0. The van der Waals surface area contributed by atoms with E-state index in [-0.39, 0.29) is 5.41 Å². The summed E-state index contributed by atoms with van der Waals surface area (Å²) in [5, 5.41) is 7.68. The zero-order valence-corrected chi connectivity index (χ0v) is 28.8. The Morgan fingerprint density at radius 2 is 0.745 bits per heavy atom. The average Bonchev–Trinajstić information content (AvgIpc) is 3.41. The fourth-order valence-corrected chi connectivity index (χ4v) is 8.68. The molecule has 0 unspecified atom stereocenters. The van der Waals surface area contributed by atoms with E-state index in [9.17, 15) is 0 Å². The SMILES string of the molecule is CC1(C)c2ccc(-c3cccc(-c4c5ccccc5c(-c5ccc(-c6ccccc6)cc5)c5ccccc45)c3)cc2-c2cc3ccccc3cc21. The third kappa shape index (κ3) is 4.68. The van der Waals surface area contributed by atoms with Gasteiger partial charge in [0.25, 0.3) is 0 Å². The first-order chi connectivity index (χ1) is 25.0. The van der Waals surface area contributed by atoms with Gasteiger partial charge in [0.1, 0.15) is 0 Å². The molecule has 51 heavy (non-hydrogen) atoms. The summed E-state index contributed by atoms with van der Waals surface area (Å²) in [5.74, 6) is 0. The molecule has 9 aromatic carbocycles. The van der Waals surface area contributed by atoms with E-state index in [0.717, 1.165) is 0 Å². The minimum atomic E-state index is -0.0451. The molecule has 0 nitrogen and oxygen atoms in total. The lowest BCUT2D eigenvalue weighted by molar-refractivity contribution is 0.661. The molecule has 0 saturated carbocycles. The number of fused-ring (bicyclic) bond motifs is 6. The van der Waals surface area contributed by atoms with E-state index in [0.29, 0.717) is 0 Å². The third-order valence-electron chi connectivity index (χ3n) is 11.2. The molecule has 0 spiro atoms. The highest BCUT2D eigenvalue weighted by atomic mass is 14.4. The molecule has 0 heterocycles. The van der Waals surface area contributed by atoms with Crippen molar-refractivity contribution in [3.8, 4) is 55.6 Å². The van der Waals surface area contributed by atoms with E-state index < -0.39 is 0 Å². The van der Waals surface area contributed by atoms with Crippen LogP contribution in [0.4, 0.5) is 0 Å². The molecule has 9 aromatic rings. The van der Waals surface area contributed by atoms with Gasteiger partial charge in [-0.15, -0.1) is 0 Å². The topological polar surface area (TPSA) is 0 Å². The Labute approximate surface area is 299 Å². The second kappa shape index (κ2) is 11.4. The van der Waals surface area contributed by atoms with Gasteiger partial charge < -0.3 is 0 Å². The molecule has 1 aliphatic carbocycles. The summed E-state index contributed by atoms with van der Waals surface area (Å²) < 4.78 is 0. The molecule has 0 N–H and O–H groups in total. The summed E-state index contributed by atoms with van der Waals surface area (Å²) in [5.41, 5.74) is 15.5.